The topological polar surface area (TPSA) is 45.2 Å². The molecular formula is C19H23N3O. The maximum absolute atomic E-state index is 12.5. The number of carbonyl (C=O) groups excluding carboxylic acids is 1. The lowest BCUT2D eigenvalue weighted by atomic mass is 9.96. The first-order chi connectivity index (χ1) is 11.2. The molecule has 4 heteroatoms. The molecule has 1 fully saturated rings. The van der Waals surface area contributed by atoms with Crippen molar-refractivity contribution in [2.75, 3.05) is 18.0 Å². The zero-order valence-electron chi connectivity index (χ0n) is 13.5. The minimum Gasteiger partial charge on any atom is -0.371 e. The number of pyridine rings is 1. The van der Waals surface area contributed by atoms with Gasteiger partial charge in [0.2, 0.25) is 5.91 Å². The second-order valence-corrected chi connectivity index (χ2v) is 6.20. The van der Waals surface area contributed by atoms with E-state index in [4.69, 9.17) is 0 Å². The highest BCUT2D eigenvalue weighted by atomic mass is 16.1. The van der Waals surface area contributed by atoms with Crippen LogP contribution < -0.4 is 10.2 Å². The number of anilines is 1. The molecule has 2 aromatic rings. The van der Waals surface area contributed by atoms with E-state index in [-0.39, 0.29) is 11.8 Å². The molecule has 23 heavy (non-hydrogen) atoms. The molecule has 4 nitrogen and oxygen atoms in total. The molecule has 1 atom stereocenters. The summed E-state index contributed by atoms with van der Waals surface area (Å²) in [5.74, 6) is 0.215. The molecule has 2 heterocycles. The standard InChI is InChI=1S/C19H23N3O/c1-15-4-2-5-16(12-15)13-21-19(23)17-6-3-11-22(14-17)18-7-9-20-10-8-18/h2,4-5,7-10,12,17H,3,6,11,13-14H2,1H3,(H,21,23). The van der Waals surface area contributed by atoms with Gasteiger partial charge in [0.1, 0.15) is 0 Å². The molecule has 120 valence electrons. The van der Waals surface area contributed by atoms with Crippen LogP contribution in [0.15, 0.2) is 48.8 Å². The first-order valence-corrected chi connectivity index (χ1v) is 8.20. The predicted molar refractivity (Wildman–Crippen MR) is 92.2 cm³/mol. The van der Waals surface area contributed by atoms with Crippen LogP contribution in [0, 0.1) is 12.8 Å². The third kappa shape index (κ3) is 4.09. The van der Waals surface area contributed by atoms with Crippen molar-refractivity contribution in [1.82, 2.24) is 10.3 Å². The van der Waals surface area contributed by atoms with Gasteiger partial charge in [-0.1, -0.05) is 29.8 Å². The maximum Gasteiger partial charge on any atom is 0.225 e. The Labute approximate surface area is 137 Å². The zero-order chi connectivity index (χ0) is 16.1. The van der Waals surface area contributed by atoms with Crippen molar-refractivity contribution in [2.24, 2.45) is 5.92 Å². The van der Waals surface area contributed by atoms with E-state index in [1.165, 1.54) is 5.56 Å². The predicted octanol–water partition coefficient (Wildman–Crippen LogP) is 2.92. The van der Waals surface area contributed by atoms with Crippen LogP contribution in [-0.4, -0.2) is 24.0 Å². The number of aromatic nitrogens is 1. The van der Waals surface area contributed by atoms with Crippen molar-refractivity contribution in [3.8, 4) is 0 Å². The van der Waals surface area contributed by atoms with Crippen LogP contribution in [0.1, 0.15) is 24.0 Å². The van der Waals surface area contributed by atoms with Crippen molar-refractivity contribution in [3.63, 3.8) is 0 Å². The van der Waals surface area contributed by atoms with Gasteiger partial charge in [-0.15, -0.1) is 0 Å². The van der Waals surface area contributed by atoms with Gasteiger partial charge < -0.3 is 10.2 Å². The summed E-state index contributed by atoms with van der Waals surface area (Å²) in [6, 6.07) is 12.3. The van der Waals surface area contributed by atoms with E-state index in [1.54, 1.807) is 12.4 Å². The number of piperidine rings is 1. The summed E-state index contributed by atoms with van der Waals surface area (Å²) in [4.78, 5) is 18.8. The molecule has 3 rings (SSSR count). The quantitative estimate of drug-likeness (QED) is 0.944. The van der Waals surface area contributed by atoms with E-state index in [9.17, 15) is 4.79 Å². The zero-order valence-corrected chi connectivity index (χ0v) is 13.5. The fourth-order valence-corrected chi connectivity index (χ4v) is 3.14. The van der Waals surface area contributed by atoms with Crippen LogP contribution in [0.2, 0.25) is 0 Å². The molecule has 0 saturated carbocycles. The lowest BCUT2D eigenvalue weighted by molar-refractivity contribution is -0.125. The number of nitrogens with one attached hydrogen (secondary N) is 1. The van der Waals surface area contributed by atoms with Gasteiger partial charge in [0, 0.05) is 37.7 Å². The maximum atomic E-state index is 12.5. The number of benzene rings is 1. The monoisotopic (exact) mass is 309 g/mol. The summed E-state index contributed by atoms with van der Waals surface area (Å²) in [7, 11) is 0. The molecular weight excluding hydrogens is 286 g/mol. The molecule has 1 amide bonds. The molecule has 1 aromatic heterocycles. The molecule has 1 saturated heterocycles. The Morgan fingerprint density at radius 3 is 2.91 bits per heavy atom. The summed E-state index contributed by atoms with van der Waals surface area (Å²) in [6.07, 6.45) is 5.61. The summed E-state index contributed by atoms with van der Waals surface area (Å²) < 4.78 is 0. The minimum absolute atomic E-state index is 0.0572. The number of hydrogen-bond acceptors (Lipinski definition) is 3. The largest absolute Gasteiger partial charge is 0.371 e. The van der Waals surface area contributed by atoms with E-state index in [1.807, 2.05) is 18.2 Å². The highest BCUT2D eigenvalue weighted by molar-refractivity contribution is 5.79. The second-order valence-electron chi connectivity index (χ2n) is 6.20. The first-order valence-electron chi connectivity index (χ1n) is 8.20. The third-order valence-electron chi connectivity index (χ3n) is 4.37. The molecule has 0 aliphatic carbocycles. The fraction of sp³-hybridized carbons (Fsp3) is 0.368. The van der Waals surface area contributed by atoms with Crippen molar-refractivity contribution in [1.29, 1.82) is 0 Å². The van der Waals surface area contributed by atoms with Gasteiger partial charge in [-0.3, -0.25) is 9.78 Å². The number of amides is 1. The van der Waals surface area contributed by atoms with Crippen molar-refractivity contribution >= 4 is 11.6 Å². The van der Waals surface area contributed by atoms with Crippen LogP contribution in [0.25, 0.3) is 0 Å². The number of carbonyl (C=O) groups is 1. The van der Waals surface area contributed by atoms with Crippen LogP contribution in [-0.2, 0) is 11.3 Å². The van der Waals surface area contributed by atoms with E-state index >= 15 is 0 Å². The van der Waals surface area contributed by atoms with E-state index in [0.29, 0.717) is 6.54 Å². The number of nitrogens with zero attached hydrogens (tertiary/aromatic N) is 2. The van der Waals surface area contributed by atoms with Gasteiger partial charge in [0.05, 0.1) is 5.92 Å². The van der Waals surface area contributed by atoms with E-state index < -0.39 is 0 Å². The average Bonchev–Trinajstić information content (AvgIpc) is 2.61. The second kappa shape index (κ2) is 7.27. The smallest absolute Gasteiger partial charge is 0.225 e. The van der Waals surface area contributed by atoms with Gasteiger partial charge in [0.25, 0.3) is 0 Å². The molecule has 1 unspecified atom stereocenters. The molecule has 1 aliphatic heterocycles. The van der Waals surface area contributed by atoms with Gasteiger partial charge in [-0.05, 0) is 37.5 Å². The lowest BCUT2D eigenvalue weighted by Gasteiger charge is -2.33. The molecule has 0 bridgehead atoms. The Morgan fingerprint density at radius 2 is 2.13 bits per heavy atom. The van der Waals surface area contributed by atoms with Gasteiger partial charge in [-0.2, -0.15) is 0 Å². The Kier molecular flexibility index (Phi) is 4.91. The Hall–Kier alpha value is -2.36. The van der Waals surface area contributed by atoms with Gasteiger partial charge in [-0.25, -0.2) is 0 Å². The third-order valence-corrected chi connectivity index (χ3v) is 4.37. The van der Waals surface area contributed by atoms with Crippen molar-refractivity contribution in [3.05, 3.63) is 59.9 Å². The van der Waals surface area contributed by atoms with E-state index in [0.717, 1.165) is 37.2 Å². The number of aryl methyl sites for hydroxylation is 1. The number of hydrogen-bond donors (Lipinski definition) is 1. The van der Waals surface area contributed by atoms with Gasteiger partial charge >= 0.3 is 0 Å². The summed E-state index contributed by atoms with van der Waals surface area (Å²) >= 11 is 0. The van der Waals surface area contributed by atoms with E-state index in [2.05, 4.69) is 40.3 Å². The summed E-state index contributed by atoms with van der Waals surface area (Å²) in [5, 5.41) is 3.09. The molecule has 0 spiro atoms. The van der Waals surface area contributed by atoms with Crippen LogP contribution >= 0.6 is 0 Å². The highest BCUT2D eigenvalue weighted by Gasteiger charge is 2.25. The molecule has 0 radical (unpaired) electrons. The van der Waals surface area contributed by atoms with Gasteiger partial charge in [0.15, 0.2) is 0 Å². The van der Waals surface area contributed by atoms with Crippen molar-refractivity contribution in [2.45, 2.75) is 26.3 Å². The molecule has 1 aliphatic rings. The normalized spacial score (nSPS) is 17.8. The Bertz CT molecular complexity index is 657. The lowest BCUT2D eigenvalue weighted by Crippen LogP contribution is -2.43. The highest BCUT2D eigenvalue weighted by Crippen LogP contribution is 2.22. The molecule has 1 N–H and O–H groups in total. The van der Waals surface area contributed by atoms with Crippen LogP contribution in [0.5, 0.6) is 0 Å². The minimum atomic E-state index is 0.0572. The SMILES string of the molecule is Cc1cccc(CNC(=O)C2CCCN(c3ccncc3)C2)c1. The molecule has 1 aromatic carbocycles. The first kappa shape index (κ1) is 15.5. The fourth-order valence-electron chi connectivity index (χ4n) is 3.14. The summed E-state index contributed by atoms with van der Waals surface area (Å²) in [6.45, 7) is 4.46. The van der Waals surface area contributed by atoms with Crippen LogP contribution in [0.3, 0.4) is 0 Å². The number of rotatable bonds is 4. The summed E-state index contributed by atoms with van der Waals surface area (Å²) in [5.41, 5.74) is 3.52. The van der Waals surface area contributed by atoms with Crippen LogP contribution in [0.4, 0.5) is 5.69 Å². The van der Waals surface area contributed by atoms with Crippen molar-refractivity contribution < 1.29 is 4.79 Å². The Morgan fingerprint density at radius 1 is 1.30 bits per heavy atom. The Balaban J connectivity index is 1.57. The average molecular weight is 309 g/mol.